The van der Waals surface area contributed by atoms with E-state index in [0.717, 1.165) is 5.56 Å². The van der Waals surface area contributed by atoms with Gasteiger partial charge in [0.1, 0.15) is 11.3 Å². The third kappa shape index (κ3) is 3.47. The predicted octanol–water partition coefficient (Wildman–Crippen LogP) is 3.84. The molecule has 0 saturated heterocycles. The molecule has 0 unspecified atom stereocenters. The minimum Gasteiger partial charge on any atom is -0.493 e. The first-order chi connectivity index (χ1) is 12.1. The van der Waals surface area contributed by atoms with Gasteiger partial charge in [0.25, 0.3) is 0 Å². The molecule has 6 nitrogen and oxygen atoms in total. The molecule has 0 saturated carbocycles. The largest absolute Gasteiger partial charge is 0.493 e. The molecule has 0 radical (unpaired) electrons. The minimum absolute atomic E-state index is 0.177. The fourth-order valence-electron chi connectivity index (χ4n) is 2.54. The second kappa shape index (κ2) is 7.09. The van der Waals surface area contributed by atoms with Crippen LogP contribution in [0.1, 0.15) is 28.7 Å². The SMILES string of the molecule is CCOc1ccc(C=Cc2nc3c(C(=O)O)cccc3[nH]2)cc1OC. The Morgan fingerprint density at radius 3 is 2.80 bits per heavy atom. The van der Waals surface area contributed by atoms with Crippen molar-refractivity contribution in [1.82, 2.24) is 9.97 Å². The van der Waals surface area contributed by atoms with Crippen LogP contribution in [0.5, 0.6) is 11.5 Å². The number of nitrogens with zero attached hydrogens (tertiary/aromatic N) is 1. The maximum absolute atomic E-state index is 11.3. The van der Waals surface area contributed by atoms with Crippen LogP contribution in [0.4, 0.5) is 0 Å². The van der Waals surface area contributed by atoms with Gasteiger partial charge in [-0.2, -0.15) is 0 Å². The maximum Gasteiger partial charge on any atom is 0.337 e. The molecule has 3 rings (SSSR count). The van der Waals surface area contributed by atoms with Gasteiger partial charge in [-0.25, -0.2) is 9.78 Å². The first-order valence-corrected chi connectivity index (χ1v) is 7.83. The Bertz CT molecular complexity index is 944. The molecule has 0 aliphatic heterocycles. The Hall–Kier alpha value is -3.28. The summed E-state index contributed by atoms with van der Waals surface area (Å²) >= 11 is 0. The Kier molecular flexibility index (Phi) is 4.70. The third-order valence-corrected chi connectivity index (χ3v) is 3.68. The number of aromatic nitrogens is 2. The second-order valence-corrected chi connectivity index (χ2v) is 5.31. The number of aromatic carboxylic acids is 1. The van der Waals surface area contributed by atoms with E-state index in [1.54, 1.807) is 25.3 Å². The van der Waals surface area contributed by atoms with Crippen molar-refractivity contribution in [2.24, 2.45) is 0 Å². The Balaban J connectivity index is 1.90. The van der Waals surface area contributed by atoms with Crippen molar-refractivity contribution in [3.63, 3.8) is 0 Å². The van der Waals surface area contributed by atoms with E-state index in [1.807, 2.05) is 31.2 Å². The van der Waals surface area contributed by atoms with E-state index >= 15 is 0 Å². The van der Waals surface area contributed by atoms with Crippen molar-refractivity contribution >= 4 is 29.2 Å². The molecule has 1 heterocycles. The molecule has 0 bridgehead atoms. The third-order valence-electron chi connectivity index (χ3n) is 3.68. The van der Waals surface area contributed by atoms with E-state index in [9.17, 15) is 9.90 Å². The van der Waals surface area contributed by atoms with Crippen molar-refractivity contribution in [2.45, 2.75) is 6.92 Å². The molecule has 3 aromatic rings. The molecule has 1 aromatic heterocycles. The van der Waals surface area contributed by atoms with Crippen LogP contribution in [0.2, 0.25) is 0 Å². The Labute approximate surface area is 144 Å². The highest BCUT2D eigenvalue weighted by molar-refractivity contribution is 6.01. The highest BCUT2D eigenvalue weighted by atomic mass is 16.5. The highest BCUT2D eigenvalue weighted by Gasteiger charge is 2.11. The number of carboxylic acid groups (broad SMARTS) is 1. The van der Waals surface area contributed by atoms with Crippen LogP contribution < -0.4 is 9.47 Å². The average Bonchev–Trinajstić information content (AvgIpc) is 3.03. The van der Waals surface area contributed by atoms with Crippen LogP contribution in [0, 0.1) is 0 Å². The fourth-order valence-corrected chi connectivity index (χ4v) is 2.54. The van der Waals surface area contributed by atoms with Crippen molar-refractivity contribution in [3.8, 4) is 11.5 Å². The van der Waals surface area contributed by atoms with Gasteiger partial charge in [0.2, 0.25) is 0 Å². The number of fused-ring (bicyclic) bond motifs is 1. The molecule has 0 amide bonds. The van der Waals surface area contributed by atoms with E-state index in [2.05, 4.69) is 9.97 Å². The summed E-state index contributed by atoms with van der Waals surface area (Å²) in [5.74, 6) is 0.930. The van der Waals surface area contributed by atoms with Crippen LogP contribution >= 0.6 is 0 Å². The average molecular weight is 338 g/mol. The van der Waals surface area contributed by atoms with Crippen LogP contribution in [0.25, 0.3) is 23.2 Å². The van der Waals surface area contributed by atoms with Gasteiger partial charge in [-0.3, -0.25) is 0 Å². The van der Waals surface area contributed by atoms with Crippen molar-refractivity contribution in [3.05, 3.63) is 53.3 Å². The number of methoxy groups -OCH3 is 1. The number of carbonyl (C=O) groups is 1. The normalized spacial score (nSPS) is 11.1. The molecular weight excluding hydrogens is 320 g/mol. The van der Waals surface area contributed by atoms with Gasteiger partial charge in [-0.1, -0.05) is 18.2 Å². The monoisotopic (exact) mass is 338 g/mol. The fraction of sp³-hybridized carbons (Fsp3) is 0.158. The molecule has 128 valence electrons. The maximum atomic E-state index is 11.3. The van der Waals surface area contributed by atoms with Crippen molar-refractivity contribution in [1.29, 1.82) is 0 Å². The topological polar surface area (TPSA) is 84.4 Å². The summed E-state index contributed by atoms with van der Waals surface area (Å²) in [6.07, 6.45) is 3.66. The van der Waals surface area contributed by atoms with Crippen LogP contribution in [0.3, 0.4) is 0 Å². The van der Waals surface area contributed by atoms with E-state index in [-0.39, 0.29) is 5.56 Å². The number of imidazole rings is 1. The second-order valence-electron chi connectivity index (χ2n) is 5.31. The number of ether oxygens (including phenoxy) is 2. The van der Waals surface area contributed by atoms with Gasteiger partial charge in [0.15, 0.2) is 11.5 Å². The number of aromatic amines is 1. The summed E-state index contributed by atoms with van der Waals surface area (Å²) in [5.41, 5.74) is 2.22. The summed E-state index contributed by atoms with van der Waals surface area (Å²) < 4.78 is 10.8. The predicted molar refractivity (Wildman–Crippen MR) is 96.1 cm³/mol. The van der Waals surface area contributed by atoms with E-state index in [1.165, 1.54) is 6.07 Å². The van der Waals surface area contributed by atoms with Crippen molar-refractivity contribution < 1.29 is 19.4 Å². The zero-order valence-corrected chi connectivity index (χ0v) is 13.9. The van der Waals surface area contributed by atoms with Gasteiger partial charge in [0.05, 0.1) is 24.8 Å². The summed E-state index contributed by atoms with van der Waals surface area (Å²) in [7, 11) is 1.60. The molecular formula is C19H18N2O4. The molecule has 0 aliphatic rings. The zero-order valence-electron chi connectivity index (χ0n) is 13.9. The summed E-state index contributed by atoms with van der Waals surface area (Å²) in [6, 6.07) is 10.7. The molecule has 0 atom stereocenters. The smallest absolute Gasteiger partial charge is 0.337 e. The van der Waals surface area contributed by atoms with Gasteiger partial charge in [0, 0.05) is 0 Å². The molecule has 0 aliphatic carbocycles. The molecule has 2 aromatic carbocycles. The lowest BCUT2D eigenvalue weighted by atomic mass is 10.2. The number of hydrogen-bond donors (Lipinski definition) is 2. The lowest BCUT2D eigenvalue weighted by molar-refractivity contribution is 0.0699. The summed E-state index contributed by atoms with van der Waals surface area (Å²) in [6.45, 7) is 2.48. The standard InChI is InChI=1S/C19H18N2O4/c1-3-25-15-9-7-12(11-16(15)24-2)8-10-17-20-14-6-4-5-13(19(22)23)18(14)21-17/h4-11H,3H2,1-2H3,(H,20,21)(H,22,23). The first kappa shape index (κ1) is 16.6. The number of H-pyrrole nitrogens is 1. The number of carboxylic acids is 1. The number of benzene rings is 2. The van der Waals surface area contributed by atoms with E-state index < -0.39 is 5.97 Å². The van der Waals surface area contributed by atoms with Gasteiger partial charge >= 0.3 is 5.97 Å². The lowest BCUT2D eigenvalue weighted by Gasteiger charge is -2.09. The number of nitrogens with one attached hydrogen (secondary N) is 1. The summed E-state index contributed by atoms with van der Waals surface area (Å²) in [5, 5.41) is 9.23. The van der Waals surface area contributed by atoms with Gasteiger partial charge < -0.3 is 19.6 Å². The van der Waals surface area contributed by atoms with Gasteiger partial charge in [-0.05, 0) is 42.8 Å². The molecule has 0 spiro atoms. The van der Waals surface area contributed by atoms with Gasteiger partial charge in [-0.15, -0.1) is 0 Å². The highest BCUT2D eigenvalue weighted by Crippen LogP contribution is 2.28. The lowest BCUT2D eigenvalue weighted by Crippen LogP contribution is -1.96. The van der Waals surface area contributed by atoms with Crippen LogP contribution in [-0.2, 0) is 0 Å². The van der Waals surface area contributed by atoms with Crippen LogP contribution in [-0.4, -0.2) is 34.8 Å². The number of para-hydroxylation sites is 1. The zero-order chi connectivity index (χ0) is 17.8. The molecule has 25 heavy (non-hydrogen) atoms. The summed E-state index contributed by atoms with van der Waals surface area (Å²) in [4.78, 5) is 18.7. The number of hydrogen-bond acceptors (Lipinski definition) is 4. The Morgan fingerprint density at radius 2 is 2.08 bits per heavy atom. The van der Waals surface area contributed by atoms with Crippen molar-refractivity contribution in [2.75, 3.05) is 13.7 Å². The first-order valence-electron chi connectivity index (χ1n) is 7.83. The van der Waals surface area contributed by atoms with E-state index in [4.69, 9.17) is 9.47 Å². The minimum atomic E-state index is -0.996. The number of rotatable bonds is 6. The van der Waals surface area contributed by atoms with E-state index in [0.29, 0.717) is 35.0 Å². The molecule has 0 fully saturated rings. The molecule has 2 N–H and O–H groups in total. The quantitative estimate of drug-likeness (QED) is 0.713. The molecule has 6 heteroatoms. The van der Waals surface area contributed by atoms with Crippen LogP contribution in [0.15, 0.2) is 36.4 Å². The Morgan fingerprint density at radius 1 is 1.24 bits per heavy atom.